The van der Waals surface area contributed by atoms with Crippen LogP contribution in [0.4, 0.5) is 32.4 Å². The van der Waals surface area contributed by atoms with Crippen molar-refractivity contribution in [1.29, 1.82) is 0 Å². The van der Waals surface area contributed by atoms with Crippen LogP contribution >= 0.6 is 23.2 Å². The van der Waals surface area contributed by atoms with Crippen LogP contribution in [0.25, 0.3) is 0 Å². The molecule has 0 spiro atoms. The van der Waals surface area contributed by atoms with Crippen LogP contribution in [0.2, 0.25) is 5.02 Å². The SMILES string of the molecule is O=C(NC(=O)c1c(F)cccc1F)Nc1ccc(Cl)c(S(=O)C(F)(F)C(F)Cl)c1. The topological polar surface area (TPSA) is 75.3 Å². The van der Waals surface area contributed by atoms with Gasteiger partial charge in [-0.2, -0.15) is 8.78 Å². The Labute approximate surface area is 172 Å². The smallest absolute Gasteiger partial charge is 0.308 e. The molecule has 0 radical (unpaired) electrons. The van der Waals surface area contributed by atoms with Crippen LogP contribution < -0.4 is 10.6 Å². The second-order valence-electron chi connectivity index (χ2n) is 5.28. The third kappa shape index (κ3) is 5.22. The van der Waals surface area contributed by atoms with E-state index in [1.807, 2.05) is 5.32 Å². The summed E-state index contributed by atoms with van der Waals surface area (Å²) in [7, 11) is -3.32. The van der Waals surface area contributed by atoms with Gasteiger partial charge in [0.1, 0.15) is 28.0 Å². The highest BCUT2D eigenvalue weighted by Crippen LogP contribution is 2.36. The lowest BCUT2D eigenvalue weighted by molar-refractivity contribution is 0.0479. The highest BCUT2D eigenvalue weighted by molar-refractivity contribution is 7.86. The van der Waals surface area contributed by atoms with Crippen LogP contribution in [0, 0.1) is 11.6 Å². The normalized spacial score (nSPS) is 13.5. The summed E-state index contributed by atoms with van der Waals surface area (Å²) in [6, 6.07) is 4.11. The van der Waals surface area contributed by atoms with Gasteiger partial charge >= 0.3 is 11.3 Å². The number of nitrogens with one attached hydrogen (secondary N) is 2. The summed E-state index contributed by atoms with van der Waals surface area (Å²) < 4.78 is 78.9. The Bertz CT molecular complexity index is 971. The third-order valence-corrected chi connectivity index (χ3v) is 5.59. The summed E-state index contributed by atoms with van der Waals surface area (Å²) in [6.45, 7) is 0. The summed E-state index contributed by atoms with van der Waals surface area (Å²) in [6.07, 6.45) is 0. The van der Waals surface area contributed by atoms with Crippen molar-refractivity contribution in [2.45, 2.75) is 15.8 Å². The molecular formula is C16H9Cl2F5N2O3S. The Morgan fingerprint density at radius 3 is 2.24 bits per heavy atom. The largest absolute Gasteiger partial charge is 0.369 e. The zero-order valence-corrected chi connectivity index (χ0v) is 16.1. The van der Waals surface area contributed by atoms with Gasteiger partial charge in [-0.15, -0.1) is 0 Å². The molecule has 156 valence electrons. The fourth-order valence-corrected chi connectivity index (χ4v) is 3.50. The number of benzene rings is 2. The molecule has 0 fully saturated rings. The van der Waals surface area contributed by atoms with E-state index in [2.05, 4.69) is 0 Å². The number of halogens is 7. The maximum Gasteiger partial charge on any atom is 0.369 e. The van der Waals surface area contributed by atoms with Crippen LogP contribution in [-0.2, 0) is 10.8 Å². The van der Waals surface area contributed by atoms with Gasteiger partial charge in [0.15, 0.2) is 0 Å². The van der Waals surface area contributed by atoms with E-state index in [1.165, 1.54) is 0 Å². The van der Waals surface area contributed by atoms with Gasteiger partial charge in [-0.3, -0.25) is 10.1 Å². The van der Waals surface area contributed by atoms with E-state index in [0.29, 0.717) is 0 Å². The van der Waals surface area contributed by atoms with Gasteiger partial charge in [-0.05, 0) is 30.3 Å². The summed E-state index contributed by atoms with van der Waals surface area (Å²) in [5, 5.41) is -1.28. The van der Waals surface area contributed by atoms with Gasteiger partial charge in [-0.1, -0.05) is 29.3 Å². The number of urea groups is 1. The maximum atomic E-state index is 13.6. The summed E-state index contributed by atoms with van der Waals surface area (Å²) >= 11 is 10.4. The molecule has 2 rings (SSSR count). The average molecular weight is 475 g/mol. The van der Waals surface area contributed by atoms with E-state index in [9.17, 15) is 35.8 Å². The number of hydrogen-bond acceptors (Lipinski definition) is 3. The third-order valence-electron chi connectivity index (χ3n) is 3.31. The molecule has 0 aliphatic carbocycles. The molecule has 0 heterocycles. The zero-order valence-electron chi connectivity index (χ0n) is 13.8. The van der Waals surface area contributed by atoms with Crippen LogP contribution in [0.5, 0.6) is 0 Å². The maximum absolute atomic E-state index is 13.6. The van der Waals surface area contributed by atoms with Crippen LogP contribution in [-0.4, -0.2) is 27.0 Å². The fraction of sp³-hybridized carbons (Fsp3) is 0.125. The van der Waals surface area contributed by atoms with Gasteiger partial charge < -0.3 is 5.32 Å². The quantitative estimate of drug-likeness (QED) is 0.482. The molecule has 2 aromatic rings. The number of carbonyl (C=O) groups is 2. The van der Waals surface area contributed by atoms with Gasteiger partial charge in [0.25, 0.3) is 5.91 Å². The van der Waals surface area contributed by atoms with Crippen molar-refractivity contribution in [2.75, 3.05) is 5.32 Å². The number of imide groups is 1. The minimum atomic E-state index is -4.48. The molecule has 2 N–H and O–H groups in total. The molecule has 13 heteroatoms. The van der Waals surface area contributed by atoms with Crippen molar-refractivity contribution >= 4 is 51.6 Å². The predicted octanol–water partition coefficient (Wildman–Crippen LogP) is 4.81. The molecule has 0 aliphatic heterocycles. The van der Waals surface area contributed by atoms with Crippen molar-refractivity contribution in [3.63, 3.8) is 0 Å². The molecule has 0 aromatic heterocycles. The first-order valence-electron chi connectivity index (χ1n) is 7.39. The van der Waals surface area contributed by atoms with Crippen molar-refractivity contribution < 1.29 is 35.8 Å². The van der Waals surface area contributed by atoms with Gasteiger partial charge in [-0.25, -0.2) is 22.2 Å². The minimum absolute atomic E-state index is 0.280. The Balaban J connectivity index is 2.19. The number of carbonyl (C=O) groups excluding carboxylic acids is 2. The minimum Gasteiger partial charge on any atom is -0.308 e. The second kappa shape index (κ2) is 9.06. The average Bonchev–Trinajstić information content (AvgIpc) is 2.62. The van der Waals surface area contributed by atoms with E-state index in [1.54, 1.807) is 5.32 Å². The molecule has 0 saturated heterocycles. The first-order chi connectivity index (χ1) is 13.4. The van der Waals surface area contributed by atoms with E-state index < -0.39 is 60.7 Å². The van der Waals surface area contributed by atoms with Gasteiger partial charge in [0, 0.05) is 5.69 Å². The number of amides is 3. The van der Waals surface area contributed by atoms with Crippen molar-refractivity contribution in [3.8, 4) is 0 Å². The number of alkyl halides is 4. The lowest BCUT2D eigenvalue weighted by Gasteiger charge is -2.17. The molecular weight excluding hydrogens is 466 g/mol. The Morgan fingerprint density at radius 1 is 1.10 bits per heavy atom. The predicted molar refractivity (Wildman–Crippen MR) is 96.4 cm³/mol. The number of anilines is 1. The van der Waals surface area contributed by atoms with Crippen molar-refractivity contribution in [3.05, 3.63) is 58.6 Å². The van der Waals surface area contributed by atoms with E-state index in [-0.39, 0.29) is 5.69 Å². The Morgan fingerprint density at radius 2 is 1.69 bits per heavy atom. The lowest BCUT2D eigenvalue weighted by Crippen LogP contribution is -2.35. The standard InChI is InChI=1S/C16H9Cl2F5N2O3S/c17-8-5-4-7(6-11(8)29(28)16(22,23)14(18)21)24-15(27)25-13(26)12-9(19)2-1-3-10(12)20/h1-6,14H,(H2,24,25,26,27). The van der Waals surface area contributed by atoms with Crippen LogP contribution in [0.15, 0.2) is 41.3 Å². The number of hydrogen-bond donors (Lipinski definition) is 2. The monoisotopic (exact) mass is 474 g/mol. The van der Waals surface area contributed by atoms with E-state index >= 15 is 0 Å². The highest BCUT2D eigenvalue weighted by Gasteiger charge is 2.47. The van der Waals surface area contributed by atoms with Crippen molar-refractivity contribution in [1.82, 2.24) is 5.32 Å². The summed E-state index contributed by atoms with van der Waals surface area (Å²) in [5.74, 6) is -3.85. The van der Waals surface area contributed by atoms with E-state index in [4.69, 9.17) is 23.2 Å². The van der Waals surface area contributed by atoms with Crippen LogP contribution in [0.3, 0.4) is 0 Å². The molecule has 0 bridgehead atoms. The molecule has 2 atom stereocenters. The van der Waals surface area contributed by atoms with Crippen LogP contribution in [0.1, 0.15) is 10.4 Å². The Hall–Kier alpha value is -2.24. The molecule has 2 aromatic carbocycles. The summed E-state index contributed by atoms with van der Waals surface area (Å²) in [5.41, 5.74) is -4.57. The zero-order chi connectivity index (χ0) is 21.9. The first-order valence-corrected chi connectivity index (χ1v) is 9.35. The second-order valence-corrected chi connectivity index (χ2v) is 7.59. The first kappa shape index (κ1) is 23.0. The molecule has 3 amide bonds. The molecule has 29 heavy (non-hydrogen) atoms. The summed E-state index contributed by atoms with van der Waals surface area (Å²) in [4.78, 5) is 23.0. The van der Waals surface area contributed by atoms with E-state index in [0.717, 1.165) is 36.4 Å². The lowest BCUT2D eigenvalue weighted by atomic mass is 10.2. The molecule has 0 aliphatic rings. The van der Waals surface area contributed by atoms with Gasteiger partial charge in [0.2, 0.25) is 5.63 Å². The molecule has 0 saturated carbocycles. The molecule has 2 unspecified atom stereocenters. The Kier molecular flexibility index (Phi) is 7.20. The highest BCUT2D eigenvalue weighted by atomic mass is 35.5. The fourth-order valence-electron chi connectivity index (χ4n) is 1.99. The number of rotatable bonds is 5. The molecule has 5 nitrogen and oxygen atoms in total. The van der Waals surface area contributed by atoms with Crippen molar-refractivity contribution in [2.24, 2.45) is 0 Å². The van der Waals surface area contributed by atoms with Gasteiger partial charge in [0.05, 0.1) is 9.92 Å².